The SMILES string of the molecule is CO[C@]1(C)C[C@@H](C)C(=O)[C@H](C)[C@@H](O)[C@](C)(O)[C@@H](CCNC(=O)Cc2ccccc2-c2ccco2)OC(=O)[C@H](C)[C@@H](O[C@H]2C[C@@](C)(OC)[C@@H](O)[C@H](C)O2)[C@H](C)[C@H]1O[C@@H]1O[C@H](C)C[C@H](N(C)C)[C@H]1O. The molecule has 17 nitrogen and oxygen atoms in total. The lowest BCUT2D eigenvalue weighted by Gasteiger charge is -2.50. The normalized spacial score (nSPS) is 40.5. The Bertz CT molecular complexity index is 1930. The van der Waals surface area contributed by atoms with Gasteiger partial charge in [0, 0.05) is 63.0 Å². The maximum absolute atomic E-state index is 14.8. The van der Waals surface area contributed by atoms with Crippen LogP contribution in [0.4, 0.5) is 0 Å². The van der Waals surface area contributed by atoms with Crippen LogP contribution in [-0.2, 0) is 54.0 Å². The average molecular weight is 947 g/mol. The Hall–Kier alpha value is -3.33. The van der Waals surface area contributed by atoms with Gasteiger partial charge in [0.2, 0.25) is 5.91 Å². The number of hydrogen-bond acceptors (Lipinski definition) is 16. The molecule has 0 unspecified atom stereocenters. The Morgan fingerprint density at radius 1 is 0.866 bits per heavy atom. The second-order valence-corrected chi connectivity index (χ2v) is 20.2. The monoisotopic (exact) mass is 947 g/mol. The number of ketones is 1. The fourth-order valence-corrected chi connectivity index (χ4v) is 10.4. The molecule has 4 heterocycles. The number of likely N-dealkylation sites (N-methyl/N-ethyl adjacent to an activating group) is 1. The summed E-state index contributed by atoms with van der Waals surface area (Å²) in [5.41, 5.74) is -3.15. The van der Waals surface area contributed by atoms with Crippen molar-refractivity contribution in [2.75, 3.05) is 34.9 Å². The summed E-state index contributed by atoms with van der Waals surface area (Å²) < 4.78 is 50.2. The van der Waals surface area contributed by atoms with Crippen LogP contribution in [0.5, 0.6) is 0 Å². The third kappa shape index (κ3) is 12.3. The van der Waals surface area contributed by atoms with Crippen molar-refractivity contribution in [2.45, 2.75) is 179 Å². The van der Waals surface area contributed by atoms with Crippen LogP contribution in [0.25, 0.3) is 11.3 Å². The predicted octanol–water partition coefficient (Wildman–Crippen LogP) is 4.04. The summed E-state index contributed by atoms with van der Waals surface area (Å²) in [6.45, 7) is 15.0. The van der Waals surface area contributed by atoms with Gasteiger partial charge in [0.15, 0.2) is 12.6 Å². The summed E-state index contributed by atoms with van der Waals surface area (Å²) >= 11 is 0. The average Bonchev–Trinajstić information content (AvgIpc) is 3.83. The number of nitrogens with zero attached hydrogens (tertiary/aromatic N) is 1. The molecule has 5 N–H and O–H groups in total. The Balaban J connectivity index is 1.53. The third-order valence-electron chi connectivity index (χ3n) is 14.8. The molecule has 1 amide bonds. The van der Waals surface area contributed by atoms with Crippen molar-refractivity contribution in [3.05, 3.63) is 48.2 Å². The summed E-state index contributed by atoms with van der Waals surface area (Å²) in [6.07, 6.45) is -8.65. The van der Waals surface area contributed by atoms with Crippen molar-refractivity contribution in [3.8, 4) is 11.3 Å². The highest BCUT2D eigenvalue weighted by atomic mass is 16.7. The van der Waals surface area contributed by atoms with Crippen molar-refractivity contribution in [1.82, 2.24) is 10.2 Å². The molecule has 3 aliphatic heterocycles. The van der Waals surface area contributed by atoms with Gasteiger partial charge in [-0.05, 0) is 86.2 Å². The first-order chi connectivity index (χ1) is 31.4. The van der Waals surface area contributed by atoms with Crippen molar-refractivity contribution in [1.29, 1.82) is 0 Å². The van der Waals surface area contributed by atoms with Crippen LogP contribution in [0.1, 0.15) is 93.6 Å². The standard InChI is InChI=1S/C50H78N2O15/c1-27-25-49(8,61-13)45(67-47-41(55)35(52(10)11)23-28(2)63-47)30(4)42(66-39-26-48(7,60-12)44(57)32(6)64-39)31(5)46(58)65-37(50(9,59)43(56)29(3)40(27)54)20-21-51-38(53)24-33-17-14-15-18-34(33)36-19-16-22-62-36/h14-19,22,27-32,35,37,39,41-45,47,55-57,59H,20-21,23-26H2,1-13H3,(H,51,53)/t27-,28-,29+,30+,31-,32+,35+,37-,39+,41-,42+,43-,44+,45-,47+,48-,49-,50-/m1/s1. The highest BCUT2D eigenvalue weighted by Gasteiger charge is 2.54. The lowest BCUT2D eigenvalue weighted by Crippen LogP contribution is -2.61. The van der Waals surface area contributed by atoms with Gasteiger partial charge in [-0.25, -0.2) is 0 Å². The maximum Gasteiger partial charge on any atom is 0.311 e. The smallest absolute Gasteiger partial charge is 0.311 e. The number of ether oxygens (including phenoxy) is 7. The van der Waals surface area contributed by atoms with Crippen molar-refractivity contribution < 1.29 is 72.4 Å². The zero-order chi connectivity index (χ0) is 49.8. The van der Waals surface area contributed by atoms with Gasteiger partial charge in [0.25, 0.3) is 0 Å². The van der Waals surface area contributed by atoms with E-state index in [1.54, 1.807) is 53.0 Å². The van der Waals surface area contributed by atoms with Gasteiger partial charge in [0.05, 0.1) is 60.3 Å². The van der Waals surface area contributed by atoms with E-state index in [0.717, 1.165) is 11.1 Å². The number of aliphatic hydroxyl groups excluding tert-OH is 3. The largest absolute Gasteiger partial charge is 0.464 e. The van der Waals surface area contributed by atoms with E-state index >= 15 is 0 Å². The number of amides is 1. The van der Waals surface area contributed by atoms with E-state index in [9.17, 15) is 34.8 Å². The van der Waals surface area contributed by atoms with Gasteiger partial charge in [-0.15, -0.1) is 0 Å². The third-order valence-corrected chi connectivity index (χ3v) is 14.8. The van der Waals surface area contributed by atoms with Crippen molar-refractivity contribution >= 4 is 17.7 Å². The number of furan rings is 1. The highest BCUT2D eigenvalue weighted by molar-refractivity contribution is 5.84. The summed E-state index contributed by atoms with van der Waals surface area (Å²) in [5, 5.41) is 49.9. The van der Waals surface area contributed by atoms with Crippen LogP contribution < -0.4 is 5.32 Å². The maximum atomic E-state index is 14.8. The molecular formula is C50H78N2O15. The number of carbonyl (C=O) groups excluding carboxylic acids is 3. The number of Topliss-reactive ketones (excluding diaryl/α,β-unsaturated/α-hetero) is 1. The summed E-state index contributed by atoms with van der Waals surface area (Å²) in [6, 6.07) is 10.6. The first-order valence-electron chi connectivity index (χ1n) is 23.7. The van der Waals surface area contributed by atoms with Crippen LogP contribution in [-0.4, -0.2) is 162 Å². The molecule has 2 aromatic rings. The van der Waals surface area contributed by atoms with Crippen LogP contribution in [0.3, 0.4) is 0 Å². The summed E-state index contributed by atoms with van der Waals surface area (Å²) in [5.74, 6) is -4.87. The molecule has 0 radical (unpaired) electrons. The van der Waals surface area contributed by atoms with E-state index < -0.39 is 108 Å². The van der Waals surface area contributed by atoms with Gasteiger partial charge < -0.3 is 68.2 Å². The molecule has 0 bridgehead atoms. The number of esters is 1. The molecule has 3 aliphatic rings. The molecule has 1 aromatic carbocycles. The topological polar surface area (TPSA) is 225 Å². The zero-order valence-electron chi connectivity index (χ0n) is 41.7. The zero-order valence-corrected chi connectivity index (χ0v) is 41.7. The molecule has 0 aliphatic carbocycles. The number of cyclic esters (lactones) is 1. The number of hydrogen-bond donors (Lipinski definition) is 5. The number of nitrogens with one attached hydrogen (secondary N) is 1. The lowest BCUT2D eigenvalue weighted by atomic mass is 9.73. The summed E-state index contributed by atoms with van der Waals surface area (Å²) in [7, 11) is 6.70. The minimum atomic E-state index is -2.20. The number of carbonyl (C=O) groups is 3. The van der Waals surface area contributed by atoms with E-state index in [-0.39, 0.29) is 50.3 Å². The number of aliphatic hydroxyl groups is 4. The van der Waals surface area contributed by atoms with E-state index in [1.807, 2.05) is 57.1 Å². The fourth-order valence-electron chi connectivity index (χ4n) is 10.4. The lowest BCUT2D eigenvalue weighted by molar-refractivity contribution is -0.319. The van der Waals surface area contributed by atoms with E-state index in [0.29, 0.717) is 12.2 Å². The quantitative estimate of drug-likeness (QED) is 0.179. The molecule has 17 heteroatoms. The van der Waals surface area contributed by atoms with Crippen LogP contribution >= 0.6 is 0 Å². The van der Waals surface area contributed by atoms with Gasteiger partial charge in [-0.1, -0.05) is 45.0 Å². The number of methoxy groups -OCH3 is 2. The van der Waals surface area contributed by atoms with Gasteiger partial charge >= 0.3 is 5.97 Å². The van der Waals surface area contributed by atoms with E-state index in [2.05, 4.69) is 5.32 Å². The number of benzene rings is 1. The van der Waals surface area contributed by atoms with Crippen molar-refractivity contribution in [3.63, 3.8) is 0 Å². The second kappa shape index (κ2) is 22.6. The molecule has 3 saturated heterocycles. The molecule has 0 saturated carbocycles. The molecule has 67 heavy (non-hydrogen) atoms. The van der Waals surface area contributed by atoms with Gasteiger partial charge in [0.1, 0.15) is 35.5 Å². The summed E-state index contributed by atoms with van der Waals surface area (Å²) in [4.78, 5) is 44.6. The van der Waals surface area contributed by atoms with Crippen LogP contribution in [0, 0.1) is 23.7 Å². The van der Waals surface area contributed by atoms with Crippen LogP contribution in [0.15, 0.2) is 47.1 Å². The van der Waals surface area contributed by atoms with Crippen molar-refractivity contribution in [2.24, 2.45) is 23.7 Å². The molecule has 1 aromatic heterocycles. The Morgan fingerprint density at radius 3 is 2.16 bits per heavy atom. The molecule has 3 fully saturated rings. The molecular weight excluding hydrogens is 869 g/mol. The fraction of sp³-hybridized carbons (Fsp3) is 0.740. The highest BCUT2D eigenvalue weighted by Crippen LogP contribution is 2.42. The first kappa shape index (κ1) is 54.6. The molecule has 18 atom stereocenters. The van der Waals surface area contributed by atoms with Gasteiger partial charge in [-0.2, -0.15) is 0 Å². The minimum absolute atomic E-state index is 0.0000187. The second-order valence-electron chi connectivity index (χ2n) is 20.2. The van der Waals surface area contributed by atoms with Gasteiger partial charge in [-0.3, -0.25) is 14.4 Å². The molecule has 5 rings (SSSR count). The molecule has 0 spiro atoms. The Morgan fingerprint density at radius 2 is 1.54 bits per heavy atom. The first-order valence-corrected chi connectivity index (χ1v) is 23.7. The predicted molar refractivity (Wildman–Crippen MR) is 246 cm³/mol. The van der Waals surface area contributed by atoms with E-state index in [1.165, 1.54) is 28.1 Å². The van der Waals surface area contributed by atoms with Crippen LogP contribution in [0.2, 0.25) is 0 Å². The molecule has 378 valence electrons. The minimum Gasteiger partial charge on any atom is -0.464 e. The Labute approximate surface area is 396 Å². The Kier molecular flexibility index (Phi) is 18.4. The van der Waals surface area contributed by atoms with E-state index in [4.69, 9.17) is 37.6 Å². The number of rotatable bonds is 13.